The van der Waals surface area contributed by atoms with E-state index in [9.17, 15) is 5.11 Å². The minimum absolute atomic E-state index is 0.0199. The van der Waals surface area contributed by atoms with Gasteiger partial charge in [0, 0.05) is 38.8 Å². The Bertz CT molecular complexity index is 185. The maximum absolute atomic E-state index is 9.37. The van der Waals surface area contributed by atoms with E-state index in [-0.39, 0.29) is 18.3 Å². The van der Waals surface area contributed by atoms with Crippen LogP contribution in [0.2, 0.25) is 0 Å². The first kappa shape index (κ1) is 12.9. The van der Waals surface area contributed by atoms with Gasteiger partial charge in [-0.05, 0) is 12.8 Å². The van der Waals surface area contributed by atoms with Crippen molar-refractivity contribution in [2.45, 2.75) is 38.5 Å². The van der Waals surface area contributed by atoms with Crippen LogP contribution in [0.4, 0.5) is 0 Å². The number of hydrogen-bond acceptors (Lipinski definition) is 4. The monoisotopic (exact) mass is 217 g/mol. The quantitative estimate of drug-likeness (QED) is 0.645. The van der Waals surface area contributed by atoms with Crippen LogP contribution in [0, 0.1) is 5.41 Å². The third-order valence-corrected chi connectivity index (χ3v) is 3.50. The first-order valence-corrected chi connectivity index (χ1v) is 5.56. The molecule has 1 fully saturated rings. The number of hydrogen-bond donors (Lipinski definition) is 2. The third kappa shape index (κ3) is 3.14. The highest BCUT2D eigenvalue weighted by Gasteiger charge is 2.38. The topological polar surface area (TPSA) is 50.7 Å². The van der Waals surface area contributed by atoms with E-state index in [1.807, 2.05) is 0 Å². The molecule has 1 aliphatic carbocycles. The van der Waals surface area contributed by atoms with Gasteiger partial charge in [0.2, 0.25) is 0 Å². The van der Waals surface area contributed by atoms with Gasteiger partial charge in [-0.25, -0.2) is 0 Å². The Morgan fingerprint density at radius 1 is 1.47 bits per heavy atom. The minimum Gasteiger partial charge on any atom is -0.396 e. The van der Waals surface area contributed by atoms with Crippen LogP contribution < -0.4 is 5.32 Å². The van der Waals surface area contributed by atoms with Gasteiger partial charge in [-0.1, -0.05) is 13.3 Å². The molecule has 2 N–H and O–H groups in total. The second-order valence-corrected chi connectivity index (χ2v) is 4.57. The summed E-state index contributed by atoms with van der Waals surface area (Å²) in [5, 5.41) is 12.8. The molecule has 0 unspecified atom stereocenters. The molecule has 0 aromatic heterocycles. The summed E-state index contributed by atoms with van der Waals surface area (Å²) in [7, 11) is 3.27. The zero-order valence-corrected chi connectivity index (χ0v) is 9.95. The Morgan fingerprint density at radius 2 is 2.13 bits per heavy atom. The van der Waals surface area contributed by atoms with E-state index in [1.165, 1.54) is 6.42 Å². The van der Waals surface area contributed by atoms with Crippen LogP contribution in [-0.2, 0) is 9.47 Å². The summed E-state index contributed by atoms with van der Waals surface area (Å²) in [5.74, 6) is 0. The highest BCUT2D eigenvalue weighted by molar-refractivity contribution is 4.93. The van der Waals surface area contributed by atoms with Crippen molar-refractivity contribution in [1.29, 1.82) is 0 Å². The Balaban J connectivity index is 2.37. The average Bonchev–Trinajstić information content (AvgIpc) is 2.63. The van der Waals surface area contributed by atoms with Crippen molar-refractivity contribution in [3.63, 3.8) is 0 Å². The molecule has 0 aromatic carbocycles. The van der Waals surface area contributed by atoms with Crippen molar-refractivity contribution in [2.24, 2.45) is 5.41 Å². The Labute approximate surface area is 92.0 Å². The van der Waals surface area contributed by atoms with E-state index in [1.54, 1.807) is 14.2 Å². The first-order valence-electron chi connectivity index (χ1n) is 5.56. The number of rotatable bonds is 6. The number of aliphatic hydroxyl groups is 1. The van der Waals surface area contributed by atoms with E-state index < -0.39 is 0 Å². The van der Waals surface area contributed by atoms with Crippen molar-refractivity contribution in [2.75, 3.05) is 27.4 Å². The molecule has 0 radical (unpaired) electrons. The lowest BCUT2D eigenvalue weighted by Gasteiger charge is -2.31. The highest BCUT2D eigenvalue weighted by Crippen LogP contribution is 2.37. The van der Waals surface area contributed by atoms with Crippen molar-refractivity contribution in [3.8, 4) is 0 Å². The van der Waals surface area contributed by atoms with Crippen molar-refractivity contribution in [3.05, 3.63) is 0 Å². The molecule has 90 valence electrons. The van der Waals surface area contributed by atoms with Gasteiger partial charge < -0.3 is 19.9 Å². The zero-order chi connectivity index (χ0) is 11.3. The van der Waals surface area contributed by atoms with Gasteiger partial charge in [0.1, 0.15) is 0 Å². The predicted octanol–water partition coefficient (Wildman–Crippen LogP) is 0.746. The van der Waals surface area contributed by atoms with E-state index in [0.29, 0.717) is 12.6 Å². The van der Waals surface area contributed by atoms with Crippen molar-refractivity contribution >= 4 is 0 Å². The molecular weight excluding hydrogens is 194 g/mol. The Morgan fingerprint density at radius 3 is 2.67 bits per heavy atom. The lowest BCUT2D eigenvalue weighted by Crippen LogP contribution is -2.45. The second-order valence-electron chi connectivity index (χ2n) is 4.57. The molecule has 0 saturated heterocycles. The van der Waals surface area contributed by atoms with Crippen LogP contribution in [0.1, 0.15) is 26.2 Å². The van der Waals surface area contributed by atoms with Crippen molar-refractivity contribution in [1.82, 2.24) is 5.32 Å². The molecule has 1 saturated carbocycles. The van der Waals surface area contributed by atoms with Gasteiger partial charge in [-0.3, -0.25) is 0 Å². The molecule has 4 nitrogen and oxygen atoms in total. The summed E-state index contributed by atoms with van der Waals surface area (Å²) in [4.78, 5) is 0. The SMILES string of the molecule is COC(CN[C@H]1CCC[C@@]1(C)CO)OC. The van der Waals surface area contributed by atoms with Crippen LogP contribution in [0.5, 0.6) is 0 Å². The van der Waals surface area contributed by atoms with Gasteiger partial charge in [-0.15, -0.1) is 0 Å². The number of ether oxygens (including phenoxy) is 2. The zero-order valence-electron chi connectivity index (χ0n) is 9.95. The standard InChI is InChI=1S/C11H23NO3/c1-11(8-13)6-4-5-9(11)12-7-10(14-2)15-3/h9-10,12-13H,4-8H2,1-3H3/t9-,11-/m0/s1. The summed E-state index contributed by atoms with van der Waals surface area (Å²) in [6.45, 7) is 3.05. The fourth-order valence-corrected chi connectivity index (χ4v) is 2.27. The molecule has 0 aromatic rings. The van der Waals surface area contributed by atoms with Crippen LogP contribution >= 0.6 is 0 Å². The van der Waals surface area contributed by atoms with Crippen LogP contribution in [0.3, 0.4) is 0 Å². The molecule has 4 heteroatoms. The molecule has 0 aliphatic heterocycles. The highest BCUT2D eigenvalue weighted by atomic mass is 16.7. The lowest BCUT2D eigenvalue weighted by atomic mass is 9.86. The smallest absolute Gasteiger partial charge is 0.169 e. The fraction of sp³-hybridized carbons (Fsp3) is 1.00. The molecule has 0 heterocycles. The second kappa shape index (κ2) is 5.80. The average molecular weight is 217 g/mol. The van der Waals surface area contributed by atoms with Gasteiger partial charge in [-0.2, -0.15) is 0 Å². The van der Waals surface area contributed by atoms with Crippen LogP contribution in [0.15, 0.2) is 0 Å². The largest absolute Gasteiger partial charge is 0.396 e. The summed E-state index contributed by atoms with van der Waals surface area (Å²) < 4.78 is 10.2. The number of nitrogens with one attached hydrogen (secondary N) is 1. The molecule has 1 aliphatic rings. The van der Waals surface area contributed by atoms with Gasteiger partial charge in [0.05, 0.1) is 0 Å². The summed E-state index contributed by atoms with van der Waals surface area (Å²) >= 11 is 0. The van der Waals surface area contributed by atoms with Gasteiger partial charge in [0.15, 0.2) is 6.29 Å². The van der Waals surface area contributed by atoms with Crippen LogP contribution in [-0.4, -0.2) is 44.8 Å². The first-order chi connectivity index (χ1) is 7.16. The lowest BCUT2D eigenvalue weighted by molar-refractivity contribution is -0.101. The summed E-state index contributed by atoms with van der Waals surface area (Å²) in [6.07, 6.45) is 3.19. The normalized spacial score (nSPS) is 31.4. The molecule has 2 atom stereocenters. The van der Waals surface area contributed by atoms with E-state index >= 15 is 0 Å². The molecule has 15 heavy (non-hydrogen) atoms. The summed E-state index contributed by atoms with van der Waals surface area (Å²) in [5.41, 5.74) is 0.0199. The maximum atomic E-state index is 9.37. The molecular formula is C11H23NO3. The predicted molar refractivity (Wildman–Crippen MR) is 58.6 cm³/mol. The number of aliphatic hydroxyl groups excluding tert-OH is 1. The molecule has 1 rings (SSSR count). The molecule has 0 amide bonds. The fourth-order valence-electron chi connectivity index (χ4n) is 2.27. The maximum Gasteiger partial charge on any atom is 0.169 e. The minimum atomic E-state index is -0.200. The van der Waals surface area contributed by atoms with E-state index in [0.717, 1.165) is 12.8 Å². The van der Waals surface area contributed by atoms with Gasteiger partial charge >= 0.3 is 0 Å². The van der Waals surface area contributed by atoms with Crippen molar-refractivity contribution < 1.29 is 14.6 Å². The Kier molecular flexibility index (Phi) is 4.99. The van der Waals surface area contributed by atoms with Gasteiger partial charge in [0.25, 0.3) is 0 Å². The number of methoxy groups -OCH3 is 2. The third-order valence-electron chi connectivity index (χ3n) is 3.50. The summed E-state index contributed by atoms with van der Waals surface area (Å²) in [6, 6.07) is 0.371. The van der Waals surface area contributed by atoms with E-state index in [2.05, 4.69) is 12.2 Å². The van der Waals surface area contributed by atoms with Crippen LogP contribution in [0.25, 0.3) is 0 Å². The van der Waals surface area contributed by atoms with E-state index in [4.69, 9.17) is 9.47 Å². The molecule has 0 spiro atoms. The Hall–Kier alpha value is -0.160. The molecule has 0 bridgehead atoms.